The molecule has 0 saturated carbocycles. The van der Waals surface area contributed by atoms with Gasteiger partial charge in [0.15, 0.2) is 0 Å². The van der Waals surface area contributed by atoms with Gasteiger partial charge in [-0.1, -0.05) is 0 Å². The second-order valence-electron chi connectivity index (χ2n) is 2.38. The molecule has 0 fully saturated rings. The highest BCUT2D eigenvalue weighted by Gasteiger charge is 2.37. The van der Waals surface area contributed by atoms with Crippen molar-refractivity contribution >= 4 is 22.6 Å². The van der Waals surface area contributed by atoms with Crippen molar-refractivity contribution in [3.63, 3.8) is 0 Å². The Morgan fingerprint density at radius 1 is 1.21 bits per heavy atom. The summed E-state index contributed by atoms with van der Waals surface area (Å²) in [6, 6.07) is 0. The molecular formula is C7H3F5IN. The lowest BCUT2D eigenvalue weighted by molar-refractivity contribution is -0.139. The third-order valence-electron chi connectivity index (χ3n) is 1.46. The summed E-state index contributed by atoms with van der Waals surface area (Å²) >= 11 is 1.40. The SMILES string of the molecule is FC(F)c1c(I)cncc1C(F)(F)F. The van der Waals surface area contributed by atoms with Crippen LogP contribution in [0.15, 0.2) is 12.4 Å². The summed E-state index contributed by atoms with van der Waals surface area (Å²) in [5.41, 5.74) is -2.38. The highest BCUT2D eigenvalue weighted by molar-refractivity contribution is 14.1. The molecule has 0 radical (unpaired) electrons. The van der Waals surface area contributed by atoms with E-state index in [1.54, 1.807) is 0 Å². The summed E-state index contributed by atoms with van der Waals surface area (Å²) in [5.74, 6) is 0. The highest BCUT2D eigenvalue weighted by Crippen LogP contribution is 2.37. The Bertz CT molecular complexity index is 335. The second-order valence-corrected chi connectivity index (χ2v) is 3.54. The van der Waals surface area contributed by atoms with E-state index in [-0.39, 0.29) is 3.57 Å². The third-order valence-corrected chi connectivity index (χ3v) is 2.32. The molecule has 78 valence electrons. The molecule has 0 spiro atoms. The minimum atomic E-state index is -4.79. The average Bonchev–Trinajstić information content (AvgIpc) is 2.01. The standard InChI is InChI=1S/C7H3F5IN/c8-6(9)5-3(7(10,11)12)1-14-2-4(5)13/h1-2,6H. The lowest BCUT2D eigenvalue weighted by Crippen LogP contribution is -2.11. The molecule has 0 aliphatic heterocycles. The fourth-order valence-corrected chi connectivity index (χ4v) is 1.58. The number of alkyl halides is 5. The van der Waals surface area contributed by atoms with E-state index in [2.05, 4.69) is 4.98 Å². The monoisotopic (exact) mass is 323 g/mol. The van der Waals surface area contributed by atoms with Crippen molar-refractivity contribution in [2.75, 3.05) is 0 Å². The van der Waals surface area contributed by atoms with E-state index in [4.69, 9.17) is 0 Å². The predicted octanol–water partition coefficient (Wildman–Crippen LogP) is 3.64. The Morgan fingerprint density at radius 2 is 1.79 bits per heavy atom. The van der Waals surface area contributed by atoms with Gasteiger partial charge in [0.05, 0.1) is 5.56 Å². The largest absolute Gasteiger partial charge is 0.418 e. The molecule has 0 N–H and O–H groups in total. The van der Waals surface area contributed by atoms with Crippen LogP contribution in [0.2, 0.25) is 0 Å². The maximum atomic E-state index is 12.3. The molecule has 0 unspecified atom stereocenters. The number of rotatable bonds is 1. The summed E-state index contributed by atoms with van der Waals surface area (Å²) < 4.78 is 61.0. The zero-order valence-corrected chi connectivity index (χ0v) is 8.60. The number of hydrogen-bond donors (Lipinski definition) is 0. The normalized spacial score (nSPS) is 12.2. The lowest BCUT2D eigenvalue weighted by Gasteiger charge is -2.12. The number of pyridine rings is 1. The quantitative estimate of drug-likeness (QED) is 0.568. The van der Waals surface area contributed by atoms with Gasteiger partial charge in [-0.25, -0.2) is 8.78 Å². The maximum Gasteiger partial charge on any atom is 0.418 e. The van der Waals surface area contributed by atoms with Crippen LogP contribution in [0.1, 0.15) is 17.6 Å². The fourth-order valence-electron chi connectivity index (χ4n) is 0.893. The number of nitrogens with zero attached hydrogens (tertiary/aromatic N) is 1. The average molecular weight is 323 g/mol. The first-order chi connectivity index (χ1) is 6.34. The van der Waals surface area contributed by atoms with Gasteiger partial charge >= 0.3 is 6.18 Å². The molecule has 1 aromatic heterocycles. The molecule has 1 aromatic rings. The summed E-state index contributed by atoms with van der Waals surface area (Å²) in [4.78, 5) is 3.23. The van der Waals surface area contributed by atoms with Gasteiger partial charge in [-0.15, -0.1) is 0 Å². The zero-order valence-electron chi connectivity index (χ0n) is 6.45. The highest BCUT2D eigenvalue weighted by atomic mass is 127. The first kappa shape index (κ1) is 11.6. The van der Waals surface area contributed by atoms with Crippen molar-refractivity contribution in [1.82, 2.24) is 4.98 Å². The molecule has 7 heteroatoms. The predicted molar refractivity (Wildman–Crippen MR) is 46.9 cm³/mol. The Hall–Kier alpha value is -0.470. The van der Waals surface area contributed by atoms with Crippen LogP contribution >= 0.6 is 22.6 Å². The van der Waals surface area contributed by atoms with Crippen LogP contribution in [-0.2, 0) is 6.18 Å². The van der Waals surface area contributed by atoms with E-state index >= 15 is 0 Å². The van der Waals surface area contributed by atoms with Crippen molar-refractivity contribution in [2.24, 2.45) is 0 Å². The lowest BCUT2D eigenvalue weighted by atomic mass is 10.1. The van der Waals surface area contributed by atoms with Crippen molar-refractivity contribution in [2.45, 2.75) is 12.6 Å². The molecule has 0 amide bonds. The van der Waals surface area contributed by atoms with E-state index in [1.165, 1.54) is 22.6 Å². The van der Waals surface area contributed by atoms with Gasteiger partial charge in [0.2, 0.25) is 0 Å². The van der Waals surface area contributed by atoms with Gasteiger partial charge in [-0.3, -0.25) is 4.98 Å². The number of aromatic nitrogens is 1. The van der Waals surface area contributed by atoms with Crippen LogP contribution in [0.5, 0.6) is 0 Å². The van der Waals surface area contributed by atoms with Gasteiger partial charge in [-0.2, -0.15) is 13.2 Å². The minimum absolute atomic E-state index is 0.188. The first-order valence-electron chi connectivity index (χ1n) is 3.32. The Balaban J connectivity index is 3.36. The number of hydrogen-bond acceptors (Lipinski definition) is 1. The van der Waals surface area contributed by atoms with Crippen molar-refractivity contribution in [3.05, 3.63) is 27.1 Å². The molecule has 0 aliphatic carbocycles. The van der Waals surface area contributed by atoms with Gasteiger partial charge in [0.1, 0.15) is 0 Å². The molecule has 1 heterocycles. The molecular weight excluding hydrogens is 320 g/mol. The van der Waals surface area contributed by atoms with E-state index in [9.17, 15) is 22.0 Å². The van der Waals surface area contributed by atoms with Crippen molar-refractivity contribution in [1.29, 1.82) is 0 Å². The summed E-state index contributed by atoms with van der Waals surface area (Å²) in [6.45, 7) is 0. The van der Waals surface area contributed by atoms with E-state index < -0.39 is 23.7 Å². The van der Waals surface area contributed by atoms with E-state index in [1.807, 2.05) is 0 Å². The van der Waals surface area contributed by atoms with Gasteiger partial charge < -0.3 is 0 Å². The molecule has 0 atom stereocenters. The number of halogens is 6. The minimum Gasteiger partial charge on any atom is -0.263 e. The Kier molecular flexibility index (Phi) is 3.28. The fraction of sp³-hybridized carbons (Fsp3) is 0.286. The molecule has 14 heavy (non-hydrogen) atoms. The zero-order chi connectivity index (χ0) is 10.9. The Labute approximate surface area is 89.5 Å². The van der Waals surface area contributed by atoms with Crippen LogP contribution < -0.4 is 0 Å². The van der Waals surface area contributed by atoms with Gasteiger partial charge in [0, 0.05) is 21.5 Å². The van der Waals surface area contributed by atoms with E-state index in [0.717, 1.165) is 6.20 Å². The summed E-state index contributed by atoms with van der Waals surface area (Å²) in [5, 5.41) is 0. The Morgan fingerprint density at radius 3 is 2.14 bits per heavy atom. The van der Waals surface area contributed by atoms with Crippen molar-refractivity contribution in [3.8, 4) is 0 Å². The van der Waals surface area contributed by atoms with Crippen LogP contribution in [-0.4, -0.2) is 4.98 Å². The van der Waals surface area contributed by atoms with Crippen LogP contribution in [0.25, 0.3) is 0 Å². The van der Waals surface area contributed by atoms with Crippen LogP contribution in [0.4, 0.5) is 22.0 Å². The molecule has 0 saturated heterocycles. The molecule has 0 bridgehead atoms. The smallest absolute Gasteiger partial charge is 0.263 e. The molecule has 0 aliphatic rings. The van der Waals surface area contributed by atoms with Crippen molar-refractivity contribution < 1.29 is 22.0 Å². The molecule has 1 nitrogen and oxygen atoms in total. The molecule has 1 rings (SSSR count). The maximum absolute atomic E-state index is 12.3. The van der Waals surface area contributed by atoms with Crippen LogP contribution in [0.3, 0.4) is 0 Å². The summed E-state index contributed by atoms with van der Waals surface area (Å²) in [7, 11) is 0. The topological polar surface area (TPSA) is 12.9 Å². The second kappa shape index (κ2) is 3.95. The van der Waals surface area contributed by atoms with Gasteiger partial charge in [-0.05, 0) is 22.6 Å². The van der Waals surface area contributed by atoms with Gasteiger partial charge in [0.25, 0.3) is 6.43 Å². The third kappa shape index (κ3) is 2.31. The van der Waals surface area contributed by atoms with E-state index in [0.29, 0.717) is 6.20 Å². The van der Waals surface area contributed by atoms with Crippen LogP contribution in [0, 0.1) is 3.57 Å². The summed E-state index contributed by atoms with van der Waals surface area (Å²) in [6.07, 6.45) is -6.57. The first-order valence-corrected chi connectivity index (χ1v) is 4.40. The molecule has 0 aromatic carbocycles.